The molecule has 4 rings (SSSR count). The molecule has 0 saturated carbocycles. The first-order chi connectivity index (χ1) is 22.2. The Balaban J connectivity index is 1.57. The molecule has 0 amide bonds. The van der Waals surface area contributed by atoms with E-state index in [1.165, 1.54) is 16.8 Å². The van der Waals surface area contributed by atoms with Gasteiger partial charge in [0.2, 0.25) is 0 Å². The van der Waals surface area contributed by atoms with Crippen LogP contribution in [0.25, 0.3) is 11.0 Å². The van der Waals surface area contributed by atoms with Gasteiger partial charge in [0.05, 0.1) is 40.7 Å². The summed E-state index contributed by atoms with van der Waals surface area (Å²) < 4.78 is 59.7. The lowest BCUT2D eigenvalue weighted by atomic mass is 9.95. The van der Waals surface area contributed by atoms with Crippen LogP contribution >= 0.6 is 23.5 Å². The number of nitro groups is 2. The molecule has 2 unspecified atom stereocenters. The number of rotatable bonds is 15. The molecule has 23 nitrogen and oxygen atoms in total. The standard InChI is InChI=1S/C22H29N6O17P3/c1-11(2)20(19-13(27(30)31)4-3-5-14(19)28(32)33)41-8-12-7-26(22-18(12)21(23)24-10-25-22)17-6-15(29)16(43-17)9-42-47(37,38)45-48(39,40)44-46(34,35)36/h3-5,7,10-11,15-17,20,29H,6,8-9H2,1-2H3,(H,37,38)(H,39,40)(H2,23,24,25)(H2,34,35,36)/t15-,16+,17+,20-/m0/s1. The molecule has 0 radical (unpaired) electrons. The molecule has 3 heterocycles. The van der Waals surface area contributed by atoms with Crippen molar-refractivity contribution in [1.29, 1.82) is 0 Å². The average molecular weight is 742 g/mol. The molecule has 1 saturated heterocycles. The smallest absolute Gasteiger partial charge is 0.390 e. The molecule has 1 aromatic carbocycles. The van der Waals surface area contributed by atoms with E-state index in [2.05, 4.69) is 23.1 Å². The Morgan fingerprint density at radius 1 is 1.06 bits per heavy atom. The van der Waals surface area contributed by atoms with Crippen LogP contribution in [-0.2, 0) is 42.9 Å². The van der Waals surface area contributed by atoms with Gasteiger partial charge in [-0.2, -0.15) is 8.62 Å². The van der Waals surface area contributed by atoms with Crippen LogP contribution in [0.15, 0.2) is 30.7 Å². The highest BCUT2D eigenvalue weighted by molar-refractivity contribution is 7.66. The lowest BCUT2D eigenvalue weighted by Crippen LogP contribution is -2.26. The van der Waals surface area contributed by atoms with Gasteiger partial charge in [0.1, 0.15) is 35.7 Å². The normalized spacial score (nSPS) is 21.6. The maximum Gasteiger partial charge on any atom is 0.490 e. The predicted molar refractivity (Wildman–Crippen MR) is 158 cm³/mol. The van der Waals surface area contributed by atoms with Crippen molar-refractivity contribution < 1.29 is 70.8 Å². The van der Waals surface area contributed by atoms with Crippen LogP contribution in [0, 0.1) is 26.1 Å². The predicted octanol–water partition coefficient (Wildman–Crippen LogP) is 2.74. The molecule has 2 aromatic heterocycles. The highest BCUT2D eigenvalue weighted by Crippen LogP contribution is 2.66. The number of nitrogen functional groups attached to an aromatic ring is 1. The molecule has 0 bridgehead atoms. The Morgan fingerprint density at radius 2 is 1.69 bits per heavy atom. The van der Waals surface area contributed by atoms with Gasteiger partial charge in [0.25, 0.3) is 11.4 Å². The van der Waals surface area contributed by atoms with Gasteiger partial charge in [0.15, 0.2) is 0 Å². The number of nitrogens with two attached hydrogens (primary N) is 1. The quantitative estimate of drug-likeness (QED) is 0.0740. The summed E-state index contributed by atoms with van der Waals surface area (Å²) in [5.74, 6) is -0.506. The van der Waals surface area contributed by atoms with Gasteiger partial charge in [0, 0.05) is 30.3 Å². The molecule has 6 atom stereocenters. The number of hydrogen-bond acceptors (Lipinski definition) is 16. The van der Waals surface area contributed by atoms with Gasteiger partial charge in [-0.25, -0.2) is 23.7 Å². The molecule has 1 aliphatic heterocycles. The second-order valence-electron chi connectivity index (χ2n) is 10.5. The molecule has 0 aliphatic carbocycles. The molecular formula is C22H29N6O17P3. The molecule has 3 aromatic rings. The van der Waals surface area contributed by atoms with Crippen molar-refractivity contribution in [3.05, 3.63) is 62.1 Å². The van der Waals surface area contributed by atoms with E-state index >= 15 is 0 Å². The van der Waals surface area contributed by atoms with Crippen LogP contribution in [0.5, 0.6) is 0 Å². The Labute approximate surface area is 269 Å². The summed E-state index contributed by atoms with van der Waals surface area (Å²) in [6, 6.07) is 3.44. The van der Waals surface area contributed by atoms with Gasteiger partial charge in [-0.1, -0.05) is 13.8 Å². The van der Waals surface area contributed by atoms with Crippen molar-refractivity contribution in [2.45, 2.75) is 51.4 Å². The SMILES string of the molecule is CC(C)[C@H](OCc1cn([C@H]2C[C@H](O)[C@@H](COP(=O)(O)OP(=O)(O)OP(=O)(O)O)O2)c2ncnc(N)c12)c1c([N+](=O)[O-])cccc1[N+](=O)[O-]. The molecule has 1 aliphatic rings. The van der Waals surface area contributed by atoms with Crippen LogP contribution in [0.1, 0.15) is 43.7 Å². The fraction of sp³-hybridized carbons (Fsp3) is 0.455. The molecule has 26 heteroatoms. The highest BCUT2D eigenvalue weighted by Gasteiger charge is 2.43. The number of nitro benzene ring substituents is 2. The third-order valence-electron chi connectivity index (χ3n) is 6.81. The minimum atomic E-state index is -5.77. The van der Waals surface area contributed by atoms with Gasteiger partial charge in [-0.05, 0) is 12.0 Å². The number of aliphatic hydroxyl groups is 1. The zero-order valence-electron chi connectivity index (χ0n) is 24.7. The average Bonchev–Trinajstić information content (AvgIpc) is 3.50. The molecule has 0 spiro atoms. The first kappa shape index (κ1) is 37.5. The Bertz CT molecular complexity index is 1820. The topological polar surface area (TPSA) is 342 Å². The number of aromatic nitrogens is 3. The lowest BCUT2D eigenvalue weighted by molar-refractivity contribution is -0.397. The maximum absolute atomic E-state index is 12.1. The van der Waals surface area contributed by atoms with Gasteiger partial charge in [-0.3, -0.25) is 24.8 Å². The molecule has 48 heavy (non-hydrogen) atoms. The summed E-state index contributed by atoms with van der Waals surface area (Å²) in [6.07, 6.45) is -2.50. The number of benzene rings is 1. The monoisotopic (exact) mass is 742 g/mol. The summed E-state index contributed by atoms with van der Waals surface area (Å²) in [4.78, 5) is 66.7. The number of fused-ring (bicyclic) bond motifs is 1. The zero-order valence-corrected chi connectivity index (χ0v) is 27.4. The van der Waals surface area contributed by atoms with E-state index in [9.17, 15) is 48.8 Å². The summed E-state index contributed by atoms with van der Waals surface area (Å²) in [5, 5.41) is 34.4. The second kappa shape index (κ2) is 14.3. The summed E-state index contributed by atoms with van der Waals surface area (Å²) in [7, 11) is -16.9. The van der Waals surface area contributed by atoms with Crippen LogP contribution in [0.3, 0.4) is 0 Å². The molecule has 264 valence electrons. The summed E-state index contributed by atoms with van der Waals surface area (Å²) in [5.41, 5.74) is 5.36. The zero-order chi connectivity index (χ0) is 35.8. The van der Waals surface area contributed by atoms with Crippen LogP contribution in [0.2, 0.25) is 0 Å². The van der Waals surface area contributed by atoms with E-state index in [0.717, 1.165) is 18.5 Å². The van der Waals surface area contributed by atoms with E-state index in [1.807, 2.05) is 0 Å². The number of phosphoric ester groups is 1. The van der Waals surface area contributed by atoms with Crippen molar-refractivity contribution in [1.82, 2.24) is 14.5 Å². The number of ether oxygens (including phenoxy) is 2. The second-order valence-corrected chi connectivity index (χ2v) is 15.0. The molecule has 1 fully saturated rings. The fourth-order valence-corrected chi connectivity index (χ4v) is 7.99. The van der Waals surface area contributed by atoms with Crippen LogP contribution in [-0.4, -0.2) is 67.9 Å². The van der Waals surface area contributed by atoms with Crippen molar-refractivity contribution in [2.75, 3.05) is 12.3 Å². The number of nitrogens with zero attached hydrogens (tertiary/aromatic N) is 5. The lowest BCUT2D eigenvalue weighted by Gasteiger charge is -2.21. The Morgan fingerprint density at radius 3 is 2.25 bits per heavy atom. The fourth-order valence-electron chi connectivity index (χ4n) is 4.96. The number of aliphatic hydroxyl groups excluding tert-OH is 1. The van der Waals surface area contributed by atoms with Crippen molar-refractivity contribution >= 4 is 51.7 Å². The van der Waals surface area contributed by atoms with E-state index in [4.69, 9.17) is 25.0 Å². The van der Waals surface area contributed by atoms with Crippen molar-refractivity contribution in [2.24, 2.45) is 5.92 Å². The number of phosphoric acid groups is 3. The van der Waals surface area contributed by atoms with E-state index in [0.29, 0.717) is 5.56 Å². The van der Waals surface area contributed by atoms with Crippen molar-refractivity contribution in [3.63, 3.8) is 0 Å². The third-order valence-corrected chi connectivity index (χ3v) is 10.6. The Kier molecular flexibility index (Phi) is 11.2. The van der Waals surface area contributed by atoms with Gasteiger partial charge < -0.3 is 44.5 Å². The first-order valence-corrected chi connectivity index (χ1v) is 18.0. The molecular weight excluding hydrogens is 713 g/mol. The van der Waals surface area contributed by atoms with Crippen LogP contribution < -0.4 is 5.73 Å². The largest absolute Gasteiger partial charge is 0.490 e. The first-order valence-electron chi connectivity index (χ1n) is 13.4. The minimum absolute atomic E-state index is 0.0159. The van der Waals surface area contributed by atoms with Gasteiger partial charge >= 0.3 is 23.5 Å². The Hall–Kier alpha value is -3.27. The van der Waals surface area contributed by atoms with Gasteiger partial charge in [-0.15, -0.1) is 0 Å². The van der Waals surface area contributed by atoms with E-state index < -0.39 is 81.8 Å². The van der Waals surface area contributed by atoms with Crippen molar-refractivity contribution in [3.8, 4) is 0 Å². The third kappa shape index (κ3) is 8.84. The van der Waals surface area contributed by atoms with Crippen LogP contribution in [0.4, 0.5) is 17.2 Å². The number of anilines is 1. The minimum Gasteiger partial charge on any atom is -0.390 e. The summed E-state index contributed by atoms with van der Waals surface area (Å²) in [6.45, 7) is 2.08. The highest BCUT2D eigenvalue weighted by atomic mass is 31.3. The number of hydrogen-bond donors (Lipinski definition) is 6. The summed E-state index contributed by atoms with van der Waals surface area (Å²) >= 11 is 0. The molecule has 7 N–H and O–H groups in total. The maximum atomic E-state index is 12.1. The van der Waals surface area contributed by atoms with E-state index in [1.54, 1.807) is 13.8 Å². The van der Waals surface area contributed by atoms with E-state index in [-0.39, 0.29) is 35.4 Å².